The predicted molar refractivity (Wildman–Crippen MR) is 95.8 cm³/mol. The van der Waals surface area contributed by atoms with Crippen LogP contribution in [0.4, 0.5) is 15.8 Å². The van der Waals surface area contributed by atoms with E-state index in [0.717, 1.165) is 4.31 Å². The maximum Gasteiger partial charge on any atom is 0.243 e. The Balaban J connectivity index is 2.05. The second kappa shape index (κ2) is 7.81. The fourth-order valence-electron chi connectivity index (χ4n) is 1.96. The Labute approximate surface area is 150 Å². The summed E-state index contributed by atoms with van der Waals surface area (Å²) in [5.41, 5.74) is 0.424. The minimum Gasteiger partial charge on any atom is -0.374 e. The molecule has 1 amide bonds. The summed E-state index contributed by atoms with van der Waals surface area (Å²) < 4.78 is 38.9. The molecule has 2 rings (SSSR count). The number of anilines is 2. The molecule has 2 N–H and O–H groups in total. The van der Waals surface area contributed by atoms with E-state index in [1.807, 2.05) is 0 Å². The summed E-state index contributed by atoms with van der Waals surface area (Å²) in [5, 5.41) is 5.54. The van der Waals surface area contributed by atoms with Gasteiger partial charge in [0.05, 0.1) is 17.1 Å². The Hall–Kier alpha value is -2.16. The first-order valence-electron chi connectivity index (χ1n) is 7.21. The van der Waals surface area contributed by atoms with E-state index in [9.17, 15) is 17.6 Å². The van der Waals surface area contributed by atoms with Crippen LogP contribution in [0.15, 0.2) is 47.4 Å². The first-order chi connectivity index (χ1) is 11.7. The Morgan fingerprint density at radius 2 is 1.92 bits per heavy atom. The van der Waals surface area contributed by atoms with E-state index < -0.39 is 21.7 Å². The molecule has 25 heavy (non-hydrogen) atoms. The topological polar surface area (TPSA) is 78.5 Å². The van der Waals surface area contributed by atoms with Crippen molar-refractivity contribution >= 4 is 38.9 Å². The van der Waals surface area contributed by atoms with E-state index in [0.29, 0.717) is 10.7 Å². The van der Waals surface area contributed by atoms with Crippen LogP contribution < -0.4 is 10.6 Å². The summed E-state index contributed by atoms with van der Waals surface area (Å²) in [6.45, 7) is -0.206. The lowest BCUT2D eigenvalue weighted by atomic mass is 10.3. The lowest BCUT2D eigenvalue weighted by Crippen LogP contribution is -2.24. The quantitative estimate of drug-likeness (QED) is 0.801. The van der Waals surface area contributed by atoms with Gasteiger partial charge in [0.2, 0.25) is 15.9 Å². The zero-order valence-corrected chi connectivity index (χ0v) is 15.2. The zero-order chi connectivity index (χ0) is 18.6. The van der Waals surface area contributed by atoms with Crippen LogP contribution in [0, 0.1) is 5.82 Å². The number of amides is 1. The SMILES string of the molecule is CN(C)S(=O)(=O)c1cccc(NC(=O)CNc2cc(Cl)ccc2F)c1. The molecule has 0 aliphatic rings. The fraction of sp³-hybridized carbons (Fsp3) is 0.188. The van der Waals surface area contributed by atoms with Crippen LogP contribution in [0.2, 0.25) is 5.02 Å². The lowest BCUT2D eigenvalue weighted by Gasteiger charge is -2.13. The molecule has 134 valence electrons. The number of carbonyl (C=O) groups is 1. The van der Waals surface area contributed by atoms with Gasteiger partial charge in [0.25, 0.3) is 0 Å². The van der Waals surface area contributed by atoms with Crippen molar-refractivity contribution in [3.05, 3.63) is 53.3 Å². The highest BCUT2D eigenvalue weighted by atomic mass is 35.5. The van der Waals surface area contributed by atoms with Gasteiger partial charge in [-0.3, -0.25) is 4.79 Å². The third kappa shape index (κ3) is 4.91. The molecule has 0 saturated carbocycles. The largest absolute Gasteiger partial charge is 0.374 e. The molecule has 0 saturated heterocycles. The van der Waals surface area contributed by atoms with Gasteiger partial charge in [-0.25, -0.2) is 17.1 Å². The van der Waals surface area contributed by atoms with E-state index in [2.05, 4.69) is 10.6 Å². The van der Waals surface area contributed by atoms with Gasteiger partial charge in [-0.15, -0.1) is 0 Å². The number of hydrogen-bond acceptors (Lipinski definition) is 4. The zero-order valence-electron chi connectivity index (χ0n) is 13.6. The Kier molecular flexibility index (Phi) is 5.99. The highest BCUT2D eigenvalue weighted by molar-refractivity contribution is 7.89. The summed E-state index contributed by atoms with van der Waals surface area (Å²) >= 11 is 5.78. The smallest absolute Gasteiger partial charge is 0.243 e. The number of hydrogen-bond donors (Lipinski definition) is 2. The van der Waals surface area contributed by atoms with E-state index in [1.165, 1.54) is 50.5 Å². The van der Waals surface area contributed by atoms with E-state index >= 15 is 0 Å². The molecule has 2 aromatic rings. The molecule has 0 aromatic heterocycles. The average Bonchev–Trinajstić information content (AvgIpc) is 2.55. The van der Waals surface area contributed by atoms with Crippen molar-refractivity contribution < 1.29 is 17.6 Å². The molecular weight excluding hydrogens is 369 g/mol. The first kappa shape index (κ1) is 19.2. The van der Waals surface area contributed by atoms with Crippen LogP contribution in [0.5, 0.6) is 0 Å². The Bertz CT molecular complexity index is 888. The molecule has 0 unspecified atom stereocenters. The molecule has 0 spiro atoms. The van der Waals surface area contributed by atoms with Crippen molar-refractivity contribution in [1.82, 2.24) is 4.31 Å². The molecule has 0 heterocycles. The number of nitrogens with one attached hydrogen (secondary N) is 2. The van der Waals surface area contributed by atoms with Crippen molar-refractivity contribution in [2.75, 3.05) is 31.3 Å². The van der Waals surface area contributed by atoms with Gasteiger partial charge < -0.3 is 10.6 Å². The van der Waals surface area contributed by atoms with Gasteiger partial charge in [0.15, 0.2) is 0 Å². The highest BCUT2D eigenvalue weighted by Crippen LogP contribution is 2.20. The first-order valence-corrected chi connectivity index (χ1v) is 9.03. The van der Waals surface area contributed by atoms with Gasteiger partial charge in [0.1, 0.15) is 5.82 Å². The van der Waals surface area contributed by atoms with E-state index in [4.69, 9.17) is 11.6 Å². The fourth-order valence-corrected chi connectivity index (χ4v) is 3.08. The van der Waals surface area contributed by atoms with Crippen LogP contribution >= 0.6 is 11.6 Å². The number of sulfonamides is 1. The lowest BCUT2D eigenvalue weighted by molar-refractivity contribution is -0.114. The average molecular weight is 386 g/mol. The summed E-state index contributed by atoms with van der Waals surface area (Å²) in [7, 11) is -0.757. The number of rotatable bonds is 6. The van der Waals surface area contributed by atoms with Crippen LogP contribution in [-0.2, 0) is 14.8 Å². The van der Waals surface area contributed by atoms with Crippen LogP contribution in [0.25, 0.3) is 0 Å². The normalized spacial score (nSPS) is 11.4. The van der Waals surface area contributed by atoms with Crippen molar-refractivity contribution in [1.29, 1.82) is 0 Å². The number of carbonyl (C=O) groups excluding carboxylic acids is 1. The van der Waals surface area contributed by atoms with Crippen molar-refractivity contribution in [3.8, 4) is 0 Å². The highest BCUT2D eigenvalue weighted by Gasteiger charge is 2.17. The molecule has 0 bridgehead atoms. The van der Waals surface area contributed by atoms with Crippen molar-refractivity contribution in [2.24, 2.45) is 0 Å². The maximum atomic E-state index is 13.6. The summed E-state index contributed by atoms with van der Waals surface area (Å²) in [6, 6.07) is 9.84. The molecule has 6 nitrogen and oxygen atoms in total. The minimum absolute atomic E-state index is 0.0594. The minimum atomic E-state index is -3.60. The van der Waals surface area contributed by atoms with Crippen LogP contribution in [0.3, 0.4) is 0 Å². The van der Waals surface area contributed by atoms with Gasteiger partial charge in [-0.2, -0.15) is 0 Å². The van der Waals surface area contributed by atoms with Crippen molar-refractivity contribution in [3.63, 3.8) is 0 Å². The Morgan fingerprint density at radius 1 is 1.20 bits per heavy atom. The molecule has 0 aliphatic carbocycles. The summed E-state index contributed by atoms with van der Waals surface area (Å²) in [5.74, 6) is -0.991. The molecule has 0 radical (unpaired) electrons. The third-order valence-electron chi connectivity index (χ3n) is 3.26. The predicted octanol–water partition coefficient (Wildman–Crippen LogP) is 2.78. The van der Waals surface area contributed by atoms with Gasteiger partial charge in [-0.05, 0) is 36.4 Å². The van der Waals surface area contributed by atoms with Gasteiger partial charge in [0, 0.05) is 24.8 Å². The molecule has 0 atom stereocenters. The second-order valence-corrected chi connectivity index (χ2v) is 7.93. The van der Waals surface area contributed by atoms with Crippen LogP contribution in [0.1, 0.15) is 0 Å². The standard InChI is InChI=1S/C16H17ClFN3O3S/c1-21(2)25(23,24)13-5-3-4-12(9-13)20-16(22)10-19-15-8-11(17)6-7-14(15)18/h3-9,19H,10H2,1-2H3,(H,20,22). The molecule has 0 fully saturated rings. The van der Waals surface area contributed by atoms with E-state index in [1.54, 1.807) is 6.07 Å². The summed E-state index contributed by atoms with van der Waals surface area (Å²) in [6.07, 6.45) is 0. The molecule has 9 heteroatoms. The van der Waals surface area contributed by atoms with Gasteiger partial charge in [-0.1, -0.05) is 17.7 Å². The molecular formula is C16H17ClFN3O3S. The Morgan fingerprint density at radius 3 is 2.60 bits per heavy atom. The van der Waals surface area contributed by atoms with E-state index in [-0.39, 0.29) is 17.1 Å². The number of halogens is 2. The third-order valence-corrected chi connectivity index (χ3v) is 5.31. The van der Waals surface area contributed by atoms with Crippen LogP contribution in [-0.4, -0.2) is 39.3 Å². The number of nitrogens with zero attached hydrogens (tertiary/aromatic N) is 1. The monoisotopic (exact) mass is 385 g/mol. The van der Waals surface area contributed by atoms with Gasteiger partial charge >= 0.3 is 0 Å². The maximum absolute atomic E-state index is 13.6. The second-order valence-electron chi connectivity index (χ2n) is 5.34. The molecule has 2 aromatic carbocycles. The van der Waals surface area contributed by atoms with Crippen molar-refractivity contribution in [2.45, 2.75) is 4.90 Å². The number of benzene rings is 2. The molecule has 0 aliphatic heterocycles. The summed E-state index contributed by atoms with van der Waals surface area (Å²) in [4.78, 5) is 12.0.